The van der Waals surface area contributed by atoms with Crippen LogP contribution >= 0.6 is 22.6 Å². The third-order valence-corrected chi connectivity index (χ3v) is 4.12. The van der Waals surface area contributed by atoms with E-state index in [2.05, 4.69) is 27.6 Å². The SMILES string of the molecule is Cc1cccc(C(N)c2cncc(F)c2)c1I. The quantitative estimate of drug-likeness (QED) is 0.852. The molecule has 0 amide bonds. The lowest BCUT2D eigenvalue weighted by Gasteiger charge is -2.15. The van der Waals surface area contributed by atoms with Crippen molar-refractivity contribution in [3.63, 3.8) is 0 Å². The van der Waals surface area contributed by atoms with E-state index in [1.165, 1.54) is 17.8 Å². The summed E-state index contributed by atoms with van der Waals surface area (Å²) < 4.78 is 14.2. The number of nitrogens with two attached hydrogens (primary N) is 1. The standard InChI is InChI=1S/C13H12FIN2/c1-8-3-2-4-11(12(8)15)13(16)9-5-10(14)7-17-6-9/h2-7,13H,16H2,1H3. The molecule has 1 aromatic heterocycles. The van der Waals surface area contributed by atoms with Gasteiger partial charge in [0.15, 0.2) is 0 Å². The minimum Gasteiger partial charge on any atom is -0.320 e. The topological polar surface area (TPSA) is 38.9 Å². The fourth-order valence-electron chi connectivity index (χ4n) is 1.69. The van der Waals surface area contributed by atoms with Crippen LogP contribution in [0, 0.1) is 16.3 Å². The van der Waals surface area contributed by atoms with Crippen molar-refractivity contribution in [2.45, 2.75) is 13.0 Å². The monoisotopic (exact) mass is 342 g/mol. The number of aromatic nitrogens is 1. The molecule has 1 heterocycles. The Morgan fingerprint density at radius 1 is 1.35 bits per heavy atom. The Morgan fingerprint density at radius 3 is 2.82 bits per heavy atom. The number of aryl methyl sites for hydroxylation is 1. The average molecular weight is 342 g/mol. The van der Waals surface area contributed by atoms with E-state index in [4.69, 9.17) is 5.73 Å². The Morgan fingerprint density at radius 2 is 2.12 bits per heavy atom. The largest absolute Gasteiger partial charge is 0.320 e. The van der Waals surface area contributed by atoms with Gasteiger partial charge in [0.2, 0.25) is 0 Å². The highest BCUT2D eigenvalue weighted by Gasteiger charge is 2.14. The molecule has 2 N–H and O–H groups in total. The van der Waals surface area contributed by atoms with Gasteiger partial charge in [-0.2, -0.15) is 0 Å². The summed E-state index contributed by atoms with van der Waals surface area (Å²) in [7, 11) is 0. The Hall–Kier alpha value is -1.01. The molecule has 1 unspecified atom stereocenters. The predicted octanol–water partition coefficient (Wildman–Crippen LogP) is 3.18. The van der Waals surface area contributed by atoms with Crippen molar-refractivity contribution in [2.75, 3.05) is 0 Å². The van der Waals surface area contributed by atoms with Gasteiger partial charge in [-0.25, -0.2) is 4.39 Å². The van der Waals surface area contributed by atoms with Crippen LogP contribution < -0.4 is 5.73 Å². The third-order valence-electron chi connectivity index (χ3n) is 2.64. The minimum atomic E-state index is -0.361. The molecule has 88 valence electrons. The normalized spacial score (nSPS) is 12.5. The number of halogens is 2. The first-order chi connectivity index (χ1) is 8.09. The van der Waals surface area contributed by atoms with Crippen molar-refractivity contribution in [3.8, 4) is 0 Å². The molecular weight excluding hydrogens is 330 g/mol. The van der Waals surface area contributed by atoms with Gasteiger partial charge in [0.05, 0.1) is 12.2 Å². The van der Waals surface area contributed by atoms with Crippen molar-refractivity contribution in [1.29, 1.82) is 0 Å². The van der Waals surface area contributed by atoms with Gasteiger partial charge in [-0.15, -0.1) is 0 Å². The molecular formula is C13H12FIN2. The summed E-state index contributed by atoms with van der Waals surface area (Å²) in [6.45, 7) is 2.03. The molecule has 4 heteroatoms. The zero-order chi connectivity index (χ0) is 12.4. The number of hydrogen-bond donors (Lipinski definition) is 1. The highest BCUT2D eigenvalue weighted by Crippen LogP contribution is 2.26. The molecule has 0 spiro atoms. The number of pyridine rings is 1. The lowest BCUT2D eigenvalue weighted by Crippen LogP contribution is -2.14. The summed E-state index contributed by atoms with van der Waals surface area (Å²) in [5.74, 6) is -0.361. The van der Waals surface area contributed by atoms with E-state index in [0.717, 1.165) is 9.13 Å². The van der Waals surface area contributed by atoms with E-state index in [0.29, 0.717) is 5.56 Å². The number of rotatable bonds is 2. The maximum atomic E-state index is 13.1. The summed E-state index contributed by atoms with van der Waals surface area (Å²) in [6.07, 6.45) is 2.78. The molecule has 17 heavy (non-hydrogen) atoms. The first-order valence-electron chi connectivity index (χ1n) is 5.20. The highest BCUT2D eigenvalue weighted by molar-refractivity contribution is 14.1. The summed E-state index contributed by atoms with van der Waals surface area (Å²) in [4.78, 5) is 3.83. The summed E-state index contributed by atoms with van der Waals surface area (Å²) in [5.41, 5.74) is 9.00. The summed E-state index contributed by atoms with van der Waals surface area (Å²) in [6, 6.07) is 7.03. The van der Waals surface area contributed by atoms with Crippen LogP contribution in [0.15, 0.2) is 36.7 Å². The maximum absolute atomic E-state index is 13.1. The highest BCUT2D eigenvalue weighted by atomic mass is 127. The Balaban J connectivity index is 2.44. The molecule has 0 aliphatic heterocycles. The lowest BCUT2D eigenvalue weighted by molar-refractivity contribution is 0.616. The zero-order valence-electron chi connectivity index (χ0n) is 9.32. The van der Waals surface area contributed by atoms with E-state index < -0.39 is 0 Å². The fraction of sp³-hybridized carbons (Fsp3) is 0.154. The third kappa shape index (κ3) is 2.63. The van der Waals surface area contributed by atoms with Gasteiger partial charge in [0, 0.05) is 9.77 Å². The van der Waals surface area contributed by atoms with Gasteiger partial charge in [0.25, 0.3) is 0 Å². The molecule has 1 atom stereocenters. The molecule has 0 bridgehead atoms. The van der Waals surface area contributed by atoms with Crippen molar-refractivity contribution in [2.24, 2.45) is 5.73 Å². The molecule has 1 aromatic carbocycles. The molecule has 2 nitrogen and oxygen atoms in total. The van der Waals surface area contributed by atoms with Crippen LogP contribution in [0.4, 0.5) is 4.39 Å². The van der Waals surface area contributed by atoms with E-state index in [1.54, 1.807) is 6.20 Å². The van der Waals surface area contributed by atoms with Crippen molar-refractivity contribution in [1.82, 2.24) is 4.98 Å². The van der Waals surface area contributed by atoms with Gasteiger partial charge in [-0.05, 0) is 52.3 Å². The van der Waals surface area contributed by atoms with Gasteiger partial charge in [-0.3, -0.25) is 4.98 Å². The Bertz CT molecular complexity index is 543. The number of nitrogens with zero attached hydrogens (tertiary/aromatic N) is 1. The Kier molecular flexibility index (Phi) is 3.73. The smallest absolute Gasteiger partial charge is 0.141 e. The molecule has 0 aliphatic carbocycles. The van der Waals surface area contributed by atoms with Gasteiger partial charge >= 0.3 is 0 Å². The van der Waals surface area contributed by atoms with Crippen molar-refractivity contribution in [3.05, 3.63) is 62.7 Å². The summed E-state index contributed by atoms with van der Waals surface area (Å²) in [5, 5.41) is 0. The van der Waals surface area contributed by atoms with Crippen LogP contribution in [0.5, 0.6) is 0 Å². The molecule has 0 aliphatic rings. The van der Waals surface area contributed by atoms with E-state index in [1.807, 2.05) is 25.1 Å². The molecule has 2 aromatic rings. The number of hydrogen-bond acceptors (Lipinski definition) is 2. The van der Waals surface area contributed by atoms with Crippen LogP contribution in [0.3, 0.4) is 0 Å². The van der Waals surface area contributed by atoms with Gasteiger partial charge in [-0.1, -0.05) is 18.2 Å². The van der Waals surface area contributed by atoms with E-state index in [-0.39, 0.29) is 11.9 Å². The Labute approximate surface area is 113 Å². The fourth-order valence-corrected chi connectivity index (χ4v) is 2.38. The van der Waals surface area contributed by atoms with Crippen LogP contribution in [0.25, 0.3) is 0 Å². The lowest BCUT2D eigenvalue weighted by atomic mass is 9.99. The van der Waals surface area contributed by atoms with Crippen LogP contribution in [0.2, 0.25) is 0 Å². The van der Waals surface area contributed by atoms with Gasteiger partial charge in [0.1, 0.15) is 5.82 Å². The van der Waals surface area contributed by atoms with Gasteiger partial charge < -0.3 is 5.73 Å². The first-order valence-corrected chi connectivity index (χ1v) is 6.28. The average Bonchev–Trinajstić information content (AvgIpc) is 2.32. The first kappa shape index (κ1) is 12.4. The molecule has 0 saturated heterocycles. The molecule has 2 rings (SSSR count). The van der Waals surface area contributed by atoms with Crippen LogP contribution in [-0.2, 0) is 0 Å². The second kappa shape index (κ2) is 5.10. The minimum absolute atomic E-state index is 0.343. The second-order valence-electron chi connectivity index (χ2n) is 3.89. The molecule has 0 saturated carbocycles. The van der Waals surface area contributed by atoms with Crippen molar-refractivity contribution >= 4 is 22.6 Å². The van der Waals surface area contributed by atoms with Crippen molar-refractivity contribution < 1.29 is 4.39 Å². The number of benzene rings is 1. The summed E-state index contributed by atoms with van der Waals surface area (Å²) >= 11 is 2.26. The van der Waals surface area contributed by atoms with Crippen LogP contribution in [0.1, 0.15) is 22.7 Å². The molecule has 0 fully saturated rings. The predicted molar refractivity (Wildman–Crippen MR) is 74.1 cm³/mol. The van der Waals surface area contributed by atoms with Crippen LogP contribution in [-0.4, -0.2) is 4.98 Å². The van der Waals surface area contributed by atoms with E-state index in [9.17, 15) is 4.39 Å². The maximum Gasteiger partial charge on any atom is 0.141 e. The zero-order valence-corrected chi connectivity index (χ0v) is 11.5. The second-order valence-corrected chi connectivity index (χ2v) is 4.97. The van der Waals surface area contributed by atoms with E-state index >= 15 is 0 Å². The molecule has 0 radical (unpaired) electrons.